The van der Waals surface area contributed by atoms with Gasteiger partial charge in [-0.15, -0.1) is 0 Å². The second-order valence-electron chi connectivity index (χ2n) is 4.51. The van der Waals surface area contributed by atoms with Crippen LogP contribution in [0.3, 0.4) is 0 Å². The molecule has 7 heteroatoms. The van der Waals surface area contributed by atoms with Gasteiger partial charge in [0.2, 0.25) is 5.91 Å². The van der Waals surface area contributed by atoms with E-state index < -0.39 is 17.9 Å². The first-order valence-electron chi connectivity index (χ1n) is 6.35. The van der Waals surface area contributed by atoms with Gasteiger partial charge >= 0.3 is 5.97 Å². The molecule has 1 aromatic heterocycles. The zero-order chi connectivity index (χ0) is 15.4. The van der Waals surface area contributed by atoms with Gasteiger partial charge in [-0.05, 0) is 13.0 Å². The van der Waals surface area contributed by atoms with Crippen LogP contribution in [-0.2, 0) is 20.9 Å². The first-order chi connectivity index (χ1) is 10.0. The molecule has 0 saturated carbocycles. The van der Waals surface area contributed by atoms with Crippen molar-refractivity contribution in [2.45, 2.75) is 19.5 Å². The Morgan fingerprint density at radius 2 is 2.10 bits per heavy atom. The highest BCUT2D eigenvalue weighted by Crippen LogP contribution is 2.06. The third kappa shape index (κ3) is 3.25. The Hall–Kier alpha value is -2.70. The molecule has 2 rings (SSSR count). The van der Waals surface area contributed by atoms with Crippen molar-refractivity contribution in [2.75, 3.05) is 7.11 Å². The lowest BCUT2D eigenvalue weighted by atomic mass is 10.2. The summed E-state index contributed by atoms with van der Waals surface area (Å²) >= 11 is 0. The molecule has 0 fully saturated rings. The number of esters is 1. The maximum atomic E-state index is 12.2. The van der Waals surface area contributed by atoms with E-state index in [2.05, 4.69) is 15.2 Å². The van der Waals surface area contributed by atoms with E-state index in [4.69, 9.17) is 0 Å². The number of ether oxygens (including phenoxy) is 1. The summed E-state index contributed by atoms with van der Waals surface area (Å²) in [6, 6.07) is 6.21. The van der Waals surface area contributed by atoms with Crippen LogP contribution in [0, 0.1) is 0 Å². The van der Waals surface area contributed by atoms with Gasteiger partial charge < -0.3 is 10.1 Å². The number of hydrogen-bond acceptors (Lipinski definition) is 5. The fourth-order valence-corrected chi connectivity index (χ4v) is 1.90. The summed E-state index contributed by atoms with van der Waals surface area (Å²) in [5.74, 6) is -1.04. The number of amides is 1. The molecule has 0 saturated heterocycles. The summed E-state index contributed by atoms with van der Waals surface area (Å²) in [5, 5.41) is 7.58. The maximum Gasteiger partial charge on any atom is 0.328 e. The molecule has 0 aliphatic carbocycles. The van der Waals surface area contributed by atoms with E-state index in [9.17, 15) is 14.4 Å². The van der Waals surface area contributed by atoms with Gasteiger partial charge in [-0.25, -0.2) is 9.48 Å². The Labute approximate surface area is 120 Å². The number of aromatic nitrogens is 2. The van der Waals surface area contributed by atoms with Crippen molar-refractivity contribution in [3.05, 3.63) is 40.8 Å². The summed E-state index contributed by atoms with van der Waals surface area (Å²) in [5.41, 5.74) is -0.353. The van der Waals surface area contributed by atoms with Crippen LogP contribution in [0.4, 0.5) is 0 Å². The standard InChI is InChI=1S/C14H15N3O4/c1-9(14(20)21-2)16-12(18)8-17-13(19)11-6-4-3-5-10(11)7-15-17/h3-7,9H,8H2,1-2H3,(H,16,18)/t9-/m1/s1. The molecule has 1 amide bonds. The highest BCUT2D eigenvalue weighted by atomic mass is 16.5. The highest BCUT2D eigenvalue weighted by molar-refractivity contribution is 5.84. The monoisotopic (exact) mass is 289 g/mol. The van der Waals surface area contributed by atoms with E-state index in [1.54, 1.807) is 24.3 Å². The maximum absolute atomic E-state index is 12.2. The normalized spacial score (nSPS) is 11.9. The quantitative estimate of drug-likeness (QED) is 0.805. The van der Waals surface area contributed by atoms with Crippen LogP contribution >= 0.6 is 0 Å². The number of carbonyl (C=O) groups is 2. The molecule has 0 aliphatic heterocycles. The number of rotatable bonds is 4. The molecule has 2 aromatic rings. The lowest BCUT2D eigenvalue weighted by molar-refractivity contribution is -0.144. The SMILES string of the molecule is COC(=O)[C@@H](C)NC(=O)Cn1ncc2ccccc2c1=O. The molecule has 1 N–H and O–H groups in total. The van der Waals surface area contributed by atoms with Gasteiger partial charge in [0, 0.05) is 5.39 Å². The topological polar surface area (TPSA) is 90.3 Å². The number of fused-ring (bicyclic) bond motifs is 1. The second kappa shape index (κ2) is 6.17. The lowest BCUT2D eigenvalue weighted by Gasteiger charge is -2.12. The summed E-state index contributed by atoms with van der Waals surface area (Å²) in [6.07, 6.45) is 1.52. The predicted octanol–water partition coefficient (Wildman–Crippen LogP) is 0.0742. The molecule has 0 unspecified atom stereocenters. The smallest absolute Gasteiger partial charge is 0.328 e. The van der Waals surface area contributed by atoms with Gasteiger partial charge in [0.05, 0.1) is 18.7 Å². The minimum atomic E-state index is -0.779. The molecule has 0 radical (unpaired) electrons. The van der Waals surface area contributed by atoms with Gasteiger partial charge in [0.25, 0.3) is 5.56 Å². The summed E-state index contributed by atoms with van der Waals surface area (Å²) in [6.45, 7) is 1.24. The third-order valence-corrected chi connectivity index (χ3v) is 2.99. The zero-order valence-corrected chi connectivity index (χ0v) is 11.7. The fourth-order valence-electron chi connectivity index (χ4n) is 1.90. The molecule has 21 heavy (non-hydrogen) atoms. The summed E-state index contributed by atoms with van der Waals surface area (Å²) in [7, 11) is 1.24. The molecule has 0 spiro atoms. The van der Waals surface area contributed by atoms with Gasteiger partial charge in [-0.2, -0.15) is 5.10 Å². The number of methoxy groups -OCH3 is 1. The van der Waals surface area contributed by atoms with E-state index in [1.807, 2.05) is 0 Å². The van der Waals surface area contributed by atoms with E-state index in [1.165, 1.54) is 20.2 Å². The minimum absolute atomic E-state index is 0.259. The molecule has 1 atom stereocenters. The fraction of sp³-hybridized carbons (Fsp3) is 0.286. The number of benzene rings is 1. The molecular formula is C14H15N3O4. The first kappa shape index (κ1) is 14.7. The number of hydrogen-bond donors (Lipinski definition) is 1. The Morgan fingerprint density at radius 3 is 2.81 bits per heavy atom. The minimum Gasteiger partial charge on any atom is -0.467 e. The number of nitrogens with zero attached hydrogens (tertiary/aromatic N) is 2. The molecular weight excluding hydrogens is 274 g/mol. The average molecular weight is 289 g/mol. The molecule has 1 aromatic carbocycles. The average Bonchev–Trinajstić information content (AvgIpc) is 2.49. The second-order valence-corrected chi connectivity index (χ2v) is 4.51. The van der Waals surface area contributed by atoms with Crippen LogP contribution < -0.4 is 10.9 Å². The Balaban J connectivity index is 2.17. The number of carbonyl (C=O) groups excluding carboxylic acids is 2. The van der Waals surface area contributed by atoms with Crippen molar-refractivity contribution in [2.24, 2.45) is 0 Å². The number of nitrogens with one attached hydrogen (secondary N) is 1. The molecule has 110 valence electrons. The molecule has 0 aliphatic rings. The summed E-state index contributed by atoms with van der Waals surface area (Å²) < 4.78 is 5.56. The van der Waals surface area contributed by atoms with Crippen LogP contribution in [0.5, 0.6) is 0 Å². The Bertz CT molecular complexity index is 738. The van der Waals surface area contributed by atoms with Crippen molar-refractivity contribution in [1.82, 2.24) is 15.1 Å². The van der Waals surface area contributed by atoms with E-state index >= 15 is 0 Å². The van der Waals surface area contributed by atoms with E-state index in [-0.39, 0.29) is 12.1 Å². The van der Waals surface area contributed by atoms with Crippen LogP contribution in [0.25, 0.3) is 10.8 Å². The van der Waals surface area contributed by atoms with Gasteiger partial charge in [-0.1, -0.05) is 18.2 Å². The zero-order valence-electron chi connectivity index (χ0n) is 11.7. The van der Waals surface area contributed by atoms with Gasteiger partial charge in [0.15, 0.2) is 0 Å². The van der Waals surface area contributed by atoms with Crippen molar-refractivity contribution in [1.29, 1.82) is 0 Å². The van der Waals surface area contributed by atoms with Crippen LogP contribution in [0.2, 0.25) is 0 Å². The first-order valence-corrected chi connectivity index (χ1v) is 6.35. The van der Waals surface area contributed by atoms with Crippen LogP contribution in [0.1, 0.15) is 6.92 Å². The highest BCUT2D eigenvalue weighted by Gasteiger charge is 2.16. The van der Waals surface area contributed by atoms with E-state index in [0.717, 1.165) is 4.68 Å². The van der Waals surface area contributed by atoms with Gasteiger partial charge in [-0.3, -0.25) is 9.59 Å². The lowest BCUT2D eigenvalue weighted by Crippen LogP contribution is -2.42. The molecule has 0 bridgehead atoms. The summed E-state index contributed by atoms with van der Waals surface area (Å²) in [4.78, 5) is 35.2. The van der Waals surface area contributed by atoms with Crippen LogP contribution in [-0.4, -0.2) is 34.8 Å². The van der Waals surface area contributed by atoms with Crippen molar-refractivity contribution in [3.63, 3.8) is 0 Å². The predicted molar refractivity (Wildman–Crippen MR) is 75.6 cm³/mol. The van der Waals surface area contributed by atoms with Crippen LogP contribution in [0.15, 0.2) is 35.3 Å². The van der Waals surface area contributed by atoms with E-state index in [0.29, 0.717) is 10.8 Å². The van der Waals surface area contributed by atoms with Crippen molar-refractivity contribution >= 4 is 22.6 Å². The van der Waals surface area contributed by atoms with Gasteiger partial charge in [0.1, 0.15) is 12.6 Å². The Morgan fingerprint density at radius 1 is 1.38 bits per heavy atom. The molecule has 1 heterocycles. The van der Waals surface area contributed by atoms with Crippen molar-refractivity contribution in [3.8, 4) is 0 Å². The van der Waals surface area contributed by atoms with Crippen molar-refractivity contribution < 1.29 is 14.3 Å². The third-order valence-electron chi connectivity index (χ3n) is 2.99. The molecule has 7 nitrogen and oxygen atoms in total. The Kier molecular flexibility index (Phi) is 4.32. The largest absolute Gasteiger partial charge is 0.467 e.